The number of carbonyl (C=O) groups is 2. The third kappa shape index (κ3) is 4.50. The zero-order chi connectivity index (χ0) is 14.4. The monoisotopic (exact) mass is 266 g/mol. The second kappa shape index (κ2) is 6.63. The number of likely N-dealkylation sites (N-methyl/N-ethyl adjacent to an activating group) is 1. The molecule has 6 nitrogen and oxygen atoms in total. The average Bonchev–Trinajstić information content (AvgIpc) is 2.37. The Hall–Kier alpha value is -2.24. The molecule has 1 atom stereocenters. The fourth-order valence-corrected chi connectivity index (χ4v) is 1.65. The number of nitrogens with one attached hydrogen (secondary N) is 1. The van der Waals surface area contributed by atoms with E-state index in [0.717, 1.165) is 5.69 Å². The van der Waals surface area contributed by atoms with Crippen LogP contribution in [0, 0.1) is 0 Å². The number of benzene rings is 1. The number of hydrogen-bond acceptors (Lipinski definition) is 5. The maximum Gasteiger partial charge on any atom is 0.330 e. The highest BCUT2D eigenvalue weighted by Gasteiger charge is 2.22. The number of anilines is 1. The fraction of sp³-hybridized carbons (Fsp3) is 0.385. The van der Waals surface area contributed by atoms with Crippen molar-refractivity contribution >= 4 is 17.6 Å². The third-order valence-electron chi connectivity index (χ3n) is 2.61. The zero-order valence-corrected chi connectivity index (χ0v) is 11.2. The Morgan fingerprint density at radius 1 is 1.37 bits per heavy atom. The minimum Gasteiger partial charge on any atom is -0.508 e. The Bertz CT molecular complexity index is 444. The van der Waals surface area contributed by atoms with Gasteiger partial charge in [-0.2, -0.15) is 0 Å². The lowest BCUT2D eigenvalue weighted by molar-refractivity contribution is -0.144. The lowest BCUT2D eigenvalue weighted by atomic mass is 10.2. The molecule has 1 unspecified atom stereocenters. The van der Waals surface area contributed by atoms with E-state index in [1.54, 1.807) is 36.2 Å². The summed E-state index contributed by atoms with van der Waals surface area (Å²) in [5.74, 6) is -0.626. The predicted octanol–water partition coefficient (Wildman–Crippen LogP) is 0.506. The Balaban J connectivity index is 2.75. The van der Waals surface area contributed by atoms with Crippen molar-refractivity contribution in [2.45, 2.75) is 13.0 Å². The highest BCUT2D eigenvalue weighted by molar-refractivity contribution is 5.83. The van der Waals surface area contributed by atoms with Crippen LogP contribution in [0.3, 0.4) is 0 Å². The molecule has 0 fully saturated rings. The number of phenolic OH excluding ortho intramolecular Hbond substituents is 1. The quantitative estimate of drug-likeness (QED) is 0.759. The molecular weight excluding hydrogens is 248 g/mol. The van der Waals surface area contributed by atoms with Crippen molar-refractivity contribution in [2.24, 2.45) is 0 Å². The van der Waals surface area contributed by atoms with Gasteiger partial charge in [0.2, 0.25) is 5.91 Å². The van der Waals surface area contributed by atoms with Gasteiger partial charge in [-0.15, -0.1) is 0 Å². The molecule has 6 heteroatoms. The van der Waals surface area contributed by atoms with Crippen molar-refractivity contribution in [1.82, 2.24) is 5.32 Å². The second-order valence-electron chi connectivity index (χ2n) is 4.17. The van der Waals surface area contributed by atoms with Crippen LogP contribution < -0.4 is 10.2 Å². The van der Waals surface area contributed by atoms with Gasteiger partial charge in [-0.25, -0.2) is 4.79 Å². The summed E-state index contributed by atoms with van der Waals surface area (Å²) in [5.41, 5.74) is 0.817. The molecule has 1 amide bonds. The molecule has 0 saturated carbocycles. The topological polar surface area (TPSA) is 78.9 Å². The smallest absolute Gasteiger partial charge is 0.330 e. The van der Waals surface area contributed by atoms with E-state index in [-0.39, 0.29) is 18.2 Å². The van der Waals surface area contributed by atoms with Gasteiger partial charge in [0, 0.05) is 26.2 Å². The van der Waals surface area contributed by atoms with E-state index in [1.165, 1.54) is 14.0 Å². The van der Waals surface area contributed by atoms with Crippen molar-refractivity contribution < 1.29 is 19.4 Å². The van der Waals surface area contributed by atoms with E-state index in [4.69, 9.17) is 0 Å². The van der Waals surface area contributed by atoms with Crippen LogP contribution in [-0.2, 0) is 14.3 Å². The van der Waals surface area contributed by atoms with Crippen LogP contribution in [-0.4, -0.2) is 43.7 Å². The van der Waals surface area contributed by atoms with E-state index in [0.29, 0.717) is 0 Å². The summed E-state index contributed by atoms with van der Waals surface area (Å²) in [6.07, 6.45) is 0. The Labute approximate surface area is 112 Å². The van der Waals surface area contributed by atoms with Crippen LogP contribution in [0.15, 0.2) is 24.3 Å². The highest BCUT2D eigenvalue weighted by Crippen LogP contribution is 2.17. The number of ether oxygens (including phenoxy) is 1. The summed E-state index contributed by atoms with van der Waals surface area (Å²) >= 11 is 0. The molecule has 0 aliphatic rings. The summed E-state index contributed by atoms with van der Waals surface area (Å²) in [6.45, 7) is 1.62. The number of carbonyl (C=O) groups excluding carboxylic acids is 2. The summed E-state index contributed by atoms with van der Waals surface area (Å²) in [7, 11) is 3.06. The lowest BCUT2D eigenvalue weighted by Crippen LogP contribution is -2.47. The fourth-order valence-electron chi connectivity index (χ4n) is 1.65. The van der Waals surface area contributed by atoms with Gasteiger partial charge in [0.1, 0.15) is 11.8 Å². The van der Waals surface area contributed by atoms with Gasteiger partial charge in [-0.1, -0.05) is 0 Å². The molecule has 0 spiro atoms. The van der Waals surface area contributed by atoms with Gasteiger partial charge < -0.3 is 20.1 Å². The summed E-state index contributed by atoms with van der Waals surface area (Å²) in [4.78, 5) is 24.4. The van der Waals surface area contributed by atoms with Crippen LogP contribution >= 0.6 is 0 Å². The molecule has 0 radical (unpaired) electrons. The molecule has 0 aliphatic carbocycles. The number of methoxy groups -OCH3 is 1. The van der Waals surface area contributed by atoms with Crippen LogP contribution in [0.25, 0.3) is 0 Å². The van der Waals surface area contributed by atoms with Crippen LogP contribution in [0.4, 0.5) is 5.69 Å². The van der Waals surface area contributed by atoms with Crippen molar-refractivity contribution in [3.63, 3.8) is 0 Å². The molecule has 1 rings (SSSR count). The van der Waals surface area contributed by atoms with Gasteiger partial charge in [-0.3, -0.25) is 4.79 Å². The first kappa shape index (κ1) is 14.8. The molecule has 0 aliphatic heterocycles. The minimum atomic E-state index is -0.735. The predicted molar refractivity (Wildman–Crippen MR) is 71.0 cm³/mol. The van der Waals surface area contributed by atoms with Gasteiger partial charge in [-0.05, 0) is 24.3 Å². The van der Waals surface area contributed by atoms with Gasteiger partial charge in [0.05, 0.1) is 7.11 Å². The lowest BCUT2D eigenvalue weighted by Gasteiger charge is -2.24. The molecule has 19 heavy (non-hydrogen) atoms. The summed E-state index contributed by atoms with van der Waals surface area (Å²) in [5, 5.41) is 11.8. The first-order valence-corrected chi connectivity index (χ1v) is 5.79. The van der Waals surface area contributed by atoms with E-state index >= 15 is 0 Å². The molecule has 2 N–H and O–H groups in total. The number of amides is 1. The highest BCUT2D eigenvalue weighted by atomic mass is 16.5. The number of hydrogen-bond donors (Lipinski definition) is 2. The maximum atomic E-state index is 11.6. The molecule has 1 aromatic rings. The van der Waals surface area contributed by atoms with Crippen LogP contribution in [0.5, 0.6) is 5.75 Å². The normalized spacial score (nSPS) is 11.5. The summed E-state index contributed by atoms with van der Waals surface area (Å²) in [6, 6.07) is 5.81. The van der Waals surface area contributed by atoms with Gasteiger partial charge in [0.25, 0.3) is 0 Å². The molecule has 0 aromatic heterocycles. The Morgan fingerprint density at radius 2 is 1.95 bits per heavy atom. The zero-order valence-electron chi connectivity index (χ0n) is 11.2. The van der Waals surface area contributed by atoms with E-state index in [2.05, 4.69) is 10.1 Å². The molecule has 1 aromatic carbocycles. The minimum absolute atomic E-state index is 0.170. The Morgan fingerprint density at radius 3 is 2.42 bits per heavy atom. The average molecular weight is 266 g/mol. The van der Waals surface area contributed by atoms with Crippen LogP contribution in [0.2, 0.25) is 0 Å². The van der Waals surface area contributed by atoms with Crippen molar-refractivity contribution in [3.8, 4) is 5.75 Å². The number of rotatable bonds is 5. The largest absolute Gasteiger partial charge is 0.508 e. The maximum absolute atomic E-state index is 11.6. The number of aromatic hydroxyl groups is 1. The summed E-state index contributed by atoms with van der Waals surface area (Å²) < 4.78 is 4.65. The van der Waals surface area contributed by atoms with Gasteiger partial charge in [0.15, 0.2) is 0 Å². The van der Waals surface area contributed by atoms with E-state index in [9.17, 15) is 14.7 Å². The van der Waals surface area contributed by atoms with Crippen molar-refractivity contribution in [2.75, 3.05) is 25.6 Å². The third-order valence-corrected chi connectivity index (χ3v) is 2.61. The first-order valence-electron chi connectivity index (χ1n) is 5.79. The van der Waals surface area contributed by atoms with Gasteiger partial charge >= 0.3 is 5.97 Å². The van der Waals surface area contributed by atoms with Crippen molar-refractivity contribution in [3.05, 3.63) is 24.3 Å². The first-order chi connectivity index (χ1) is 8.93. The molecule has 0 saturated heterocycles. The second-order valence-corrected chi connectivity index (χ2v) is 4.17. The molecular formula is C13H18N2O4. The van der Waals surface area contributed by atoms with Crippen molar-refractivity contribution in [1.29, 1.82) is 0 Å². The van der Waals surface area contributed by atoms with E-state index in [1.807, 2.05) is 0 Å². The van der Waals surface area contributed by atoms with Crippen LogP contribution in [0.1, 0.15) is 6.92 Å². The number of nitrogens with zero attached hydrogens (tertiary/aromatic N) is 1. The van der Waals surface area contributed by atoms with E-state index < -0.39 is 12.0 Å². The molecule has 0 heterocycles. The number of esters is 1. The Kier molecular flexibility index (Phi) is 5.17. The molecule has 0 bridgehead atoms. The number of phenols is 1. The standard InChI is InChI=1S/C13H18N2O4/c1-9(16)14-12(13(18)19-3)8-15(2)10-4-6-11(17)7-5-10/h4-7,12,17H,8H2,1-3H3,(H,14,16). The SMILES string of the molecule is COC(=O)C(CN(C)c1ccc(O)cc1)NC(C)=O. The molecule has 104 valence electrons.